The Hall–Kier alpha value is -1.14. The first-order valence-corrected chi connectivity index (χ1v) is 7.05. The fourth-order valence-electron chi connectivity index (χ4n) is 1.98. The van der Waals surface area contributed by atoms with Crippen LogP contribution in [0.4, 0.5) is 5.95 Å². The molecule has 1 fully saturated rings. The summed E-state index contributed by atoms with van der Waals surface area (Å²) in [4.78, 5) is 12.0. The van der Waals surface area contributed by atoms with Gasteiger partial charge in [0, 0.05) is 13.2 Å². The molecule has 1 saturated heterocycles. The molecule has 0 amide bonds. The Labute approximate surface area is 117 Å². The summed E-state index contributed by atoms with van der Waals surface area (Å²) in [5.41, 5.74) is 0. The van der Waals surface area contributed by atoms with Gasteiger partial charge in [0.15, 0.2) is 0 Å². The van der Waals surface area contributed by atoms with Gasteiger partial charge in [0.2, 0.25) is 11.2 Å². The fourth-order valence-corrected chi connectivity index (χ4v) is 2.14. The highest BCUT2D eigenvalue weighted by Gasteiger charge is 2.13. The van der Waals surface area contributed by atoms with E-state index in [0.717, 1.165) is 26.0 Å². The molecule has 1 aromatic rings. The van der Waals surface area contributed by atoms with Gasteiger partial charge in [-0.2, -0.15) is 15.0 Å². The van der Waals surface area contributed by atoms with Gasteiger partial charge in [-0.1, -0.05) is 0 Å². The molecular weight excluding hydrogens is 268 g/mol. The number of ether oxygens (including phenoxy) is 2. The van der Waals surface area contributed by atoms with Crippen LogP contribution in [0.1, 0.15) is 32.6 Å². The third-order valence-corrected chi connectivity index (χ3v) is 3.05. The summed E-state index contributed by atoms with van der Waals surface area (Å²) < 4.78 is 10.9. The molecule has 1 N–H and O–H groups in total. The molecule has 0 aliphatic carbocycles. The lowest BCUT2D eigenvalue weighted by molar-refractivity contribution is 0.0134. The Bertz CT molecular complexity index is 399. The number of anilines is 1. The maximum absolute atomic E-state index is 5.81. The minimum atomic E-state index is 0.134. The van der Waals surface area contributed by atoms with Crippen LogP contribution in [0.15, 0.2) is 0 Å². The monoisotopic (exact) mass is 286 g/mol. The van der Waals surface area contributed by atoms with E-state index in [0.29, 0.717) is 18.7 Å². The smallest absolute Gasteiger partial charge is 0.322 e. The van der Waals surface area contributed by atoms with Crippen LogP contribution in [0.5, 0.6) is 6.01 Å². The number of nitrogens with one attached hydrogen (secondary N) is 1. The van der Waals surface area contributed by atoms with Crippen molar-refractivity contribution in [1.82, 2.24) is 15.0 Å². The molecule has 7 heteroatoms. The zero-order valence-electron chi connectivity index (χ0n) is 11.1. The Morgan fingerprint density at radius 3 is 3.00 bits per heavy atom. The zero-order valence-corrected chi connectivity index (χ0v) is 11.8. The van der Waals surface area contributed by atoms with Crippen molar-refractivity contribution in [3.63, 3.8) is 0 Å². The summed E-state index contributed by atoms with van der Waals surface area (Å²) in [5, 5.41) is 3.26. The minimum absolute atomic E-state index is 0.134. The number of hydrogen-bond acceptors (Lipinski definition) is 6. The summed E-state index contributed by atoms with van der Waals surface area (Å²) in [6.07, 6.45) is 4.82. The topological polar surface area (TPSA) is 69.2 Å². The molecule has 0 spiro atoms. The summed E-state index contributed by atoms with van der Waals surface area (Å²) >= 11 is 5.81. The molecular formula is C12H19ClN4O2. The largest absolute Gasteiger partial charge is 0.464 e. The Kier molecular flexibility index (Phi) is 5.60. The van der Waals surface area contributed by atoms with E-state index in [1.807, 2.05) is 6.92 Å². The van der Waals surface area contributed by atoms with Gasteiger partial charge in [-0.05, 0) is 44.2 Å². The second kappa shape index (κ2) is 7.45. The van der Waals surface area contributed by atoms with E-state index in [4.69, 9.17) is 21.1 Å². The number of aromatic nitrogens is 3. The predicted molar refractivity (Wildman–Crippen MR) is 72.7 cm³/mol. The molecule has 1 aliphatic rings. The second-order valence-electron chi connectivity index (χ2n) is 4.35. The normalized spacial score (nSPS) is 19.2. The van der Waals surface area contributed by atoms with Gasteiger partial charge < -0.3 is 14.8 Å². The average molecular weight is 287 g/mol. The van der Waals surface area contributed by atoms with Gasteiger partial charge in [0.1, 0.15) is 0 Å². The van der Waals surface area contributed by atoms with Crippen molar-refractivity contribution in [3.05, 3.63) is 5.28 Å². The highest BCUT2D eigenvalue weighted by atomic mass is 35.5. The van der Waals surface area contributed by atoms with Crippen LogP contribution in [0.3, 0.4) is 0 Å². The van der Waals surface area contributed by atoms with E-state index in [1.165, 1.54) is 12.8 Å². The standard InChI is InChI=1S/C12H19ClN4O2/c1-2-18-12-16-10(13)15-11(17-12)14-7-6-9-5-3-4-8-19-9/h9H,2-8H2,1H3,(H,14,15,16,17). The molecule has 1 aromatic heterocycles. The molecule has 19 heavy (non-hydrogen) atoms. The molecule has 0 bridgehead atoms. The number of nitrogens with zero attached hydrogens (tertiary/aromatic N) is 3. The van der Waals surface area contributed by atoms with Gasteiger partial charge in [-0.3, -0.25) is 0 Å². The van der Waals surface area contributed by atoms with Gasteiger partial charge in [0.05, 0.1) is 12.7 Å². The van der Waals surface area contributed by atoms with Crippen molar-refractivity contribution < 1.29 is 9.47 Å². The third kappa shape index (κ3) is 4.80. The maximum atomic E-state index is 5.81. The molecule has 2 heterocycles. The van der Waals surface area contributed by atoms with Gasteiger partial charge in [0.25, 0.3) is 0 Å². The number of hydrogen-bond donors (Lipinski definition) is 1. The van der Waals surface area contributed by atoms with E-state index in [9.17, 15) is 0 Å². The van der Waals surface area contributed by atoms with Crippen LogP contribution in [0.2, 0.25) is 5.28 Å². The van der Waals surface area contributed by atoms with Crippen molar-refractivity contribution >= 4 is 17.5 Å². The highest BCUT2D eigenvalue weighted by Crippen LogP contribution is 2.16. The molecule has 106 valence electrons. The Balaban J connectivity index is 1.81. The molecule has 0 radical (unpaired) electrons. The van der Waals surface area contributed by atoms with Gasteiger partial charge in [-0.15, -0.1) is 0 Å². The molecule has 1 aliphatic heterocycles. The van der Waals surface area contributed by atoms with Crippen LogP contribution in [0.25, 0.3) is 0 Å². The second-order valence-corrected chi connectivity index (χ2v) is 4.69. The summed E-state index contributed by atoms with van der Waals surface area (Å²) in [5.74, 6) is 0.444. The van der Waals surface area contributed by atoms with Crippen LogP contribution in [-0.2, 0) is 4.74 Å². The van der Waals surface area contributed by atoms with Crippen LogP contribution < -0.4 is 10.1 Å². The van der Waals surface area contributed by atoms with Crippen LogP contribution in [0, 0.1) is 0 Å². The van der Waals surface area contributed by atoms with Crippen LogP contribution in [-0.4, -0.2) is 40.8 Å². The minimum Gasteiger partial charge on any atom is -0.464 e. The van der Waals surface area contributed by atoms with E-state index >= 15 is 0 Å². The Morgan fingerprint density at radius 1 is 1.37 bits per heavy atom. The number of halogens is 1. The average Bonchev–Trinajstić information content (AvgIpc) is 2.40. The predicted octanol–water partition coefficient (Wildman–Crippen LogP) is 2.29. The summed E-state index contributed by atoms with van der Waals surface area (Å²) in [6.45, 7) is 3.98. The molecule has 0 aromatic carbocycles. The highest BCUT2D eigenvalue weighted by molar-refractivity contribution is 6.28. The first-order chi connectivity index (χ1) is 9.28. The maximum Gasteiger partial charge on any atom is 0.322 e. The van der Waals surface area contributed by atoms with Crippen molar-refractivity contribution in [3.8, 4) is 6.01 Å². The first-order valence-electron chi connectivity index (χ1n) is 6.67. The fraction of sp³-hybridized carbons (Fsp3) is 0.750. The Morgan fingerprint density at radius 2 is 2.26 bits per heavy atom. The van der Waals surface area contributed by atoms with Crippen LogP contribution >= 0.6 is 11.6 Å². The number of rotatable bonds is 6. The summed E-state index contributed by atoms with van der Waals surface area (Å²) in [6, 6.07) is 0.249. The molecule has 0 saturated carbocycles. The van der Waals surface area contributed by atoms with E-state index in [-0.39, 0.29) is 11.3 Å². The molecule has 2 rings (SSSR count). The van der Waals surface area contributed by atoms with Crippen molar-refractivity contribution in [2.75, 3.05) is 25.1 Å². The zero-order chi connectivity index (χ0) is 13.5. The lowest BCUT2D eigenvalue weighted by atomic mass is 10.1. The molecule has 1 unspecified atom stereocenters. The van der Waals surface area contributed by atoms with Gasteiger partial charge in [-0.25, -0.2) is 0 Å². The first kappa shape index (κ1) is 14.3. The molecule has 6 nitrogen and oxygen atoms in total. The van der Waals surface area contributed by atoms with E-state index < -0.39 is 0 Å². The van der Waals surface area contributed by atoms with Crippen molar-refractivity contribution in [2.24, 2.45) is 0 Å². The molecule has 1 atom stereocenters. The lowest BCUT2D eigenvalue weighted by Crippen LogP contribution is -2.22. The van der Waals surface area contributed by atoms with E-state index in [1.54, 1.807) is 0 Å². The van der Waals surface area contributed by atoms with E-state index in [2.05, 4.69) is 20.3 Å². The third-order valence-electron chi connectivity index (χ3n) is 2.88. The lowest BCUT2D eigenvalue weighted by Gasteiger charge is -2.22. The summed E-state index contributed by atoms with van der Waals surface area (Å²) in [7, 11) is 0. The van der Waals surface area contributed by atoms with Crippen molar-refractivity contribution in [2.45, 2.75) is 38.7 Å². The quantitative estimate of drug-likeness (QED) is 0.865. The van der Waals surface area contributed by atoms with Gasteiger partial charge >= 0.3 is 6.01 Å². The van der Waals surface area contributed by atoms with Crippen molar-refractivity contribution in [1.29, 1.82) is 0 Å². The SMILES string of the molecule is CCOc1nc(Cl)nc(NCCC2CCCCO2)n1.